The molecule has 4 rings (SSSR count). The van der Waals surface area contributed by atoms with Crippen molar-refractivity contribution in [3.8, 4) is 5.75 Å². The third-order valence-corrected chi connectivity index (χ3v) is 6.31. The van der Waals surface area contributed by atoms with E-state index in [1.54, 1.807) is 19.2 Å². The number of methoxy groups -OCH3 is 1. The predicted molar refractivity (Wildman–Crippen MR) is 112 cm³/mol. The van der Waals surface area contributed by atoms with Gasteiger partial charge in [0.1, 0.15) is 11.6 Å². The van der Waals surface area contributed by atoms with Crippen LogP contribution in [0.5, 0.6) is 5.75 Å². The number of benzene rings is 2. The first kappa shape index (κ1) is 19.9. The van der Waals surface area contributed by atoms with Gasteiger partial charge in [0, 0.05) is 24.5 Å². The fourth-order valence-electron chi connectivity index (χ4n) is 4.82. The van der Waals surface area contributed by atoms with E-state index in [0.717, 1.165) is 42.7 Å². The van der Waals surface area contributed by atoms with Crippen molar-refractivity contribution >= 4 is 5.91 Å². The quantitative estimate of drug-likeness (QED) is 0.852. The first-order valence-electron chi connectivity index (χ1n) is 10.6. The van der Waals surface area contributed by atoms with Crippen LogP contribution < -0.4 is 10.1 Å². The molecule has 0 spiro atoms. The van der Waals surface area contributed by atoms with Crippen LogP contribution in [0.25, 0.3) is 0 Å². The molecule has 0 bridgehead atoms. The van der Waals surface area contributed by atoms with Gasteiger partial charge < -0.3 is 15.0 Å². The number of halogens is 1. The molecule has 0 aliphatic carbocycles. The van der Waals surface area contributed by atoms with Crippen LogP contribution in [-0.2, 0) is 11.2 Å². The van der Waals surface area contributed by atoms with Gasteiger partial charge in [-0.15, -0.1) is 0 Å². The lowest BCUT2D eigenvalue weighted by Crippen LogP contribution is -2.47. The van der Waals surface area contributed by atoms with Gasteiger partial charge in [0.05, 0.1) is 13.5 Å². The largest absolute Gasteiger partial charge is 0.497 e. The molecule has 4 nitrogen and oxygen atoms in total. The summed E-state index contributed by atoms with van der Waals surface area (Å²) in [5.41, 5.74) is 1.97. The number of nitrogens with zero attached hydrogens (tertiary/aromatic N) is 1. The number of amides is 1. The molecule has 154 valence electrons. The van der Waals surface area contributed by atoms with Crippen molar-refractivity contribution < 1.29 is 13.9 Å². The molecular formula is C24H29FN2O2. The number of carbonyl (C=O) groups is 1. The van der Waals surface area contributed by atoms with E-state index in [1.807, 2.05) is 35.2 Å². The minimum absolute atomic E-state index is 0.119. The third-order valence-electron chi connectivity index (χ3n) is 6.31. The standard InChI is InChI=1S/C24H29FN2O2/c1-29-20-11-9-17(10-12-20)14-23(28)27-16-21(18-6-5-7-19(25)15-18)24-22(27)8-3-2-4-13-26-24/h5-7,9-12,15,21-22,24,26H,2-4,8,13-14,16H2,1H3/t21-,22+,24-/m0/s1. The van der Waals surface area contributed by atoms with Gasteiger partial charge in [-0.3, -0.25) is 4.79 Å². The van der Waals surface area contributed by atoms with Crippen LogP contribution in [0.2, 0.25) is 0 Å². The van der Waals surface area contributed by atoms with E-state index in [2.05, 4.69) is 5.32 Å². The Balaban J connectivity index is 1.56. The van der Waals surface area contributed by atoms with Crippen molar-refractivity contribution in [2.24, 2.45) is 0 Å². The summed E-state index contributed by atoms with van der Waals surface area (Å²) in [6.07, 6.45) is 4.84. The van der Waals surface area contributed by atoms with Crippen molar-refractivity contribution in [1.82, 2.24) is 10.2 Å². The number of fused-ring (bicyclic) bond motifs is 1. The van der Waals surface area contributed by atoms with Gasteiger partial charge >= 0.3 is 0 Å². The van der Waals surface area contributed by atoms with Crippen LogP contribution in [0.3, 0.4) is 0 Å². The molecule has 0 aromatic heterocycles. The Morgan fingerprint density at radius 1 is 1.17 bits per heavy atom. The molecule has 29 heavy (non-hydrogen) atoms. The van der Waals surface area contributed by atoms with E-state index < -0.39 is 0 Å². The van der Waals surface area contributed by atoms with Gasteiger partial charge in [-0.25, -0.2) is 4.39 Å². The van der Waals surface area contributed by atoms with Crippen LogP contribution in [0.4, 0.5) is 4.39 Å². The Bertz CT molecular complexity index is 839. The van der Waals surface area contributed by atoms with Crippen LogP contribution in [0.15, 0.2) is 48.5 Å². The fraction of sp³-hybridized carbons (Fsp3) is 0.458. The maximum Gasteiger partial charge on any atom is 0.227 e. The number of rotatable bonds is 4. The topological polar surface area (TPSA) is 41.6 Å². The molecule has 2 aliphatic rings. The van der Waals surface area contributed by atoms with Crippen molar-refractivity contribution in [2.45, 2.75) is 50.1 Å². The molecule has 5 heteroatoms. The summed E-state index contributed by atoms with van der Waals surface area (Å²) in [6.45, 7) is 1.59. The molecule has 2 aliphatic heterocycles. The maximum atomic E-state index is 13.9. The molecule has 2 saturated heterocycles. The van der Waals surface area contributed by atoms with Crippen LogP contribution >= 0.6 is 0 Å². The molecule has 2 fully saturated rings. The van der Waals surface area contributed by atoms with Crippen LogP contribution in [0, 0.1) is 5.82 Å². The van der Waals surface area contributed by atoms with E-state index in [1.165, 1.54) is 12.5 Å². The lowest BCUT2D eigenvalue weighted by molar-refractivity contribution is -0.131. The number of likely N-dealkylation sites (tertiary alicyclic amines) is 1. The Labute approximate surface area is 172 Å². The molecule has 1 N–H and O–H groups in total. The highest BCUT2D eigenvalue weighted by atomic mass is 19.1. The van der Waals surface area contributed by atoms with E-state index in [0.29, 0.717) is 13.0 Å². The summed E-state index contributed by atoms with van der Waals surface area (Å²) in [7, 11) is 1.64. The highest BCUT2D eigenvalue weighted by Gasteiger charge is 2.44. The second kappa shape index (κ2) is 8.95. The average molecular weight is 397 g/mol. The number of hydrogen-bond donors (Lipinski definition) is 1. The van der Waals surface area contributed by atoms with Crippen LogP contribution in [-0.4, -0.2) is 43.1 Å². The molecule has 3 atom stereocenters. The minimum atomic E-state index is -0.215. The monoisotopic (exact) mass is 396 g/mol. The predicted octanol–water partition coefficient (Wildman–Crippen LogP) is 3.90. The van der Waals surface area contributed by atoms with Crippen molar-refractivity contribution in [2.75, 3.05) is 20.2 Å². The van der Waals surface area contributed by atoms with Gasteiger partial charge in [-0.05, 0) is 54.8 Å². The normalized spacial score (nSPS) is 24.5. The van der Waals surface area contributed by atoms with E-state index in [-0.39, 0.29) is 29.7 Å². The smallest absolute Gasteiger partial charge is 0.227 e. The molecule has 0 saturated carbocycles. The summed E-state index contributed by atoms with van der Waals surface area (Å²) in [4.78, 5) is 15.3. The molecule has 0 radical (unpaired) electrons. The van der Waals surface area contributed by atoms with E-state index in [4.69, 9.17) is 4.74 Å². The molecule has 2 aromatic rings. The summed E-state index contributed by atoms with van der Waals surface area (Å²) in [6, 6.07) is 14.9. The third kappa shape index (κ3) is 4.45. The van der Waals surface area contributed by atoms with Gasteiger partial charge in [0.25, 0.3) is 0 Å². The Morgan fingerprint density at radius 2 is 2.00 bits per heavy atom. The zero-order valence-corrected chi connectivity index (χ0v) is 16.9. The van der Waals surface area contributed by atoms with E-state index in [9.17, 15) is 9.18 Å². The number of nitrogens with one attached hydrogen (secondary N) is 1. The SMILES string of the molecule is COc1ccc(CC(=O)N2C[C@@H](c3cccc(F)c3)[C@@H]3NCCCCC[C@H]32)cc1. The van der Waals surface area contributed by atoms with Crippen molar-refractivity contribution in [3.63, 3.8) is 0 Å². The second-order valence-electron chi connectivity index (χ2n) is 8.13. The summed E-state index contributed by atoms with van der Waals surface area (Å²) in [5.74, 6) is 0.839. The van der Waals surface area contributed by atoms with Crippen molar-refractivity contribution in [1.29, 1.82) is 0 Å². The lowest BCUT2D eigenvalue weighted by Gasteiger charge is -2.31. The van der Waals surface area contributed by atoms with E-state index >= 15 is 0 Å². The number of carbonyl (C=O) groups excluding carboxylic acids is 1. The maximum absolute atomic E-state index is 13.9. The summed E-state index contributed by atoms with van der Waals surface area (Å²) in [5, 5.41) is 3.68. The Hall–Kier alpha value is -2.40. The molecule has 2 aromatic carbocycles. The summed E-state index contributed by atoms with van der Waals surface area (Å²) < 4.78 is 19.1. The van der Waals surface area contributed by atoms with Gasteiger partial charge in [0.2, 0.25) is 5.91 Å². The highest BCUT2D eigenvalue weighted by molar-refractivity contribution is 5.80. The summed E-state index contributed by atoms with van der Waals surface area (Å²) >= 11 is 0. The minimum Gasteiger partial charge on any atom is -0.497 e. The lowest BCUT2D eigenvalue weighted by atomic mass is 9.88. The zero-order valence-electron chi connectivity index (χ0n) is 16.9. The van der Waals surface area contributed by atoms with Gasteiger partial charge in [0.15, 0.2) is 0 Å². The molecule has 1 amide bonds. The van der Waals surface area contributed by atoms with Gasteiger partial charge in [-0.2, -0.15) is 0 Å². The first-order valence-corrected chi connectivity index (χ1v) is 10.6. The van der Waals surface area contributed by atoms with Crippen LogP contribution in [0.1, 0.15) is 42.7 Å². The number of hydrogen-bond acceptors (Lipinski definition) is 3. The fourth-order valence-corrected chi connectivity index (χ4v) is 4.82. The molecular weight excluding hydrogens is 367 g/mol. The molecule has 0 unspecified atom stereocenters. The molecule has 2 heterocycles. The highest BCUT2D eigenvalue weighted by Crippen LogP contribution is 2.36. The second-order valence-corrected chi connectivity index (χ2v) is 8.13. The average Bonchev–Trinajstić information content (AvgIpc) is 3.06. The van der Waals surface area contributed by atoms with Gasteiger partial charge in [-0.1, -0.05) is 37.1 Å². The Morgan fingerprint density at radius 3 is 2.76 bits per heavy atom. The number of ether oxygens (including phenoxy) is 1. The first-order chi connectivity index (χ1) is 14.2. The van der Waals surface area contributed by atoms with Crippen molar-refractivity contribution in [3.05, 3.63) is 65.5 Å². The Kier molecular flexibility index (Phi) is 6.14. The zero-order chi connectivity index (χ0) is 20.2.